The summed E-state index contributed by atoms with van der Waals surface area (Å²) >= 11 is 0. The van der Waals surface area contributed by atoms with Crippen molar-refractivity contribution < 1.29 is 14.3 Å². The molecule has 0 aromatic carbocycles. The Morgan fingerprint density at radius 3 is 2.30 bits per heavy atom. The van der Waals surface area contributed by atoms with E-state index in [0.717, 1.165) is 0 Å². The third-order valence-electron chi connectivity index (χ3n) is 3.52. The molecule has 0 amide bonds. The fourth-order valence-electron chi connectivity index (χ4n) is 2.44. The van der Waals surface area contributed by atoms with Crippen LogP contribution in [0.4, 0.5) is 5.82 Å². The van der Waals surface area contributed by atoms with Crippen molar-refractivity contribution in [2.75, 3.05) is 0 Å². The summed E-state index contributed by atoms with van der Waals surface area (Å²) in [4.78, 5) is 28.5. The molecule has 1 unspecified atom stereocenters. The molecule has 0 N–H and O–H groups in total. The number of ketones is 1. The molecule has 5 nitrogen and oxygen atoms in total. The number of Topliss-reactive ketones (excluding diaryl/α,β-unsaturated/α-hetero) is 1. The van der Waals surface area contributed by atoms with Crippen molar-refractivity contribution in [2.45, 2.75) is 60.1 Å². The van der Waals surface area contributed by atoms with E-state index in [1.807, 2.05) is 33.8 Å². The van der Waals surface area contributed by atoms with Crippen LogP contribution in [-0.2, 0) is 9.53 Å². The van der Waals surface area contributed by atoms with E-state index in [1.54, 1.807) is 24.5 Å². The summed E-state index contributed by atoms with van der Waals surface area (Å²) in [6.45, 7) is 16.0. The van der Waals surface area contributed by atoms with Crippen molar-refractivity contribution in [3.05, 3.63) is 22.9 Å². The number of carbonyl (C=O) groups is 2. The zero-order chi connectivity index (χ0) is 17.9. The van der Waals surface area contributed by atoms with E-state index in [9.17, 15) is 9.59 Å². The summed E-state index contributed by atoms with van der Waals surface area (Å²) in [5.74, 6) is 0.0578. The molecule has 0 spiro atoms. The lowest BCUT2D eigenvalue weighted by molar-refractivity contribution is -0.119. The predicted octanol–water partition coefficient (Wildman–Crippen LogP) is 4.27. The molecule has 5 heteroatoms. The smallest absolute Gasteiger partial charge is 0.341 e. The van der Waals surface area contributed by atoms with Gasteiger partial charge in [-0.3, -0.25) is 4.79 Å². The zero-order valence-corrected chi connectivity index (χ0v) is 15.1. The first-order chi connectivity index (χ1) is 10.5. The molecule has 0 bridgehead atoms. The van der Waals surface area contributed by atoms with Gasteiger partial charge in [-0.1, -0.05) is 12.2 Å². The highest BCUT2D eigenvalue weighted by Gasteiger charge is 2.29. The summed E-state index contributed by atoms with van der Waals surface area (Å²) in [5, 5.41) is 0. The molecule has 1 aromatic rings. The van der Waals surface area contributed by atoms with Gasteiger partial charge in [-0.05, 0) is 55.2 Å². The average molecular weight is 318 g/mol. The second kappa shape index (κ2) is 6.94. The number of nitrogens with zero attached hydrogens (tertiary/aromatic N) is 2. The van der Waals surface area contributed by atoms with E-state index in [2.05, 4.69) is 11.7 Å². The number of rotatable bonds is 5. The molecule has 0 aliphatic carbocycles. The van der Waals surface area contributed by atoms with Crippen LogP contribution in [-0.4, -0.2) is 28.6 Å². The van der Waals surface area contributed by atoms with Gasteiger partial charge in [-0.15, -0.1) is 0 Å². The lowest BCUT2D eigenvalue weighted by atomic mass is 10.1. The van der Waals surface area contributed by atoms with Crippen molar-refractivity contribution in [2.24, 2.45) is 4.99 Å². The van der Waals surface area contributed by atoms with Crippen LogP contribution in [0.25, 0.3) is 6.08 Å². The highest BCUT2D eigenvalue weighted by atomic mass is 16.6. The van der Waals surface area contributed by atoms with E-state index >= 15 is 0 Å². The molecule has 1 heterocycles. The van der Waals surface area contributed by atoms with Crippen LogP contribution in [0.2, 0.25) is 0 Å². The molecule has 126 valence electrons. The van der Waals surface area contributed by atoms with E-state index in [1.165, 1.54) is 6.92 Å². The van der Waals surface area contributed by atoms with Crippen molar-refractivity contribution in [1.29, 1.82) is 0 Å². The highest BCUT2D eigenvalue weighted by Crippen LogP contribution is 2.35. The Labute approximate surface area is 138 Å². The predicted molar refractivity (Wildman–Crippen MR) is 93.6 cm³/mol. The Balaban J connectivity index is 3.66. The molecule has 0 saturated carbocycles. The Morgan fingerprint density at radius 1 is 1.35 bits per heavy atom. The number of allylic oxidation sites excluding steroid dienone is 1. The van der Waals surface area contributed by atoms with Crippen LogP contribution in [0.15, 0.2) is 11.1 Å². The van der Waals surface area contributed by atoms with Gasteiger partial charge in [-0.25, -0.2) is 9.79 Å². The number of aliphatic imine (C=N–C) groups is 1. The molecular weight excluding hydrogens is 292 g/mol. The van der Waals surface area contributed by atoms with Gasteiger partial charge in [-0.2, -0.15) is 0 Å². The van der Waals surface area contributed by atoms with Crippen molar-refractivity contribution in [3.63, 3.8) is 0 Å². The van der Waals surface area contributed by atoms with Gasteiger partial charge in [0.05, 0.1) is 11.6 Å². The SMILES string of the molecule is C=Nc1c(/C=C\C)c(C(=O)OC(C)(C)C)c(C)n1C(C)C(C)=O. The fourth-order valence-corrected chi connectivity index (χ4v) is 2.44. The van der Waals surface area contributed by atoms with Crippen molar-refractivity contribution in [1.82, 2.24) is 4.57 Å². The van der Waals surface area contributed by atoms with E-state index in [-0.39, 0.29) is 5.78 Å². The molecule has 1 aromatic heterocycles. The summed E-state index contributed by atoms with van der Waals surface area (Å²) in [6, 6.07) is -0.435. The second-order valence-corrected chi connectivity index (χ2v) is 6.51. The minimum atomic E-state index is -0.604. The Bertz CT molecular complexity index is 661. The highest BCUT2D eigenvalue weighted by molar-refractivity contribution is 5.98. The number of carbonyl (C=O) groups excluding carboxylic acids is 2. The number of hydrogen-bond donors (Lipinski definition) is 0. The topological polar surface area (TPSA) is 60.7 Å². The molecule has 0 aliphatic heterocycles. The third-order valence-corrected chi connectivity index (χ3v) is 3.52. The van der Waals surface area contributed by atoms with Crippen LogP contribution >= 0.6 is 0 Å². The van der Waals surface area contributed by atoms with Gasteiger partial charge >= 0.3 is 5.97 Å². The minimum Gasteiger partial charge on any atom is -0.456 e. The number of hydrogen-bond acceptors (Lipinski definition) is 4. The Morgan fingerprint density at radius 2 is 1.91 bits per heavy atom. The van der Waals surface area contributed by atoms with Crippen LogP contribution in [0, 0.1) is 6.92 Å². The van der Waals surface area contributed by atoms with Crippen LogP contribution in [0.3, 0.4) is 0 Å². The summed E-state index contributed by atoms with van der Waals surface area (Å²) in [5.41, 5.74) is 1.10. The first kappa shape index (κ1) is 18.9. The van der Waals surface area contributed by atoms with Crippen LogP contribution in [0.5, 0.6) is 0 Å². The molecular formula is C18H26N2O3. The van der Waals surface area contributed by atoms with Crippen molar-refractivity contribution >= 4 is 30.4 Å². The maximum absolute atomic E-state index is 12.6. The van der Waals surface area contributed by atoms with Gasteiger partial charge < -0.3 is 9.30 Å². The maximum Gasteiger partial charge on any atom is 0.341 e. The standard InChI is InChI=1S/C18H26N2O3/c1-9-10-14-15(17(22)23-18(5,6)7)12(3)20(16(14)19-8)11(2)13(4)21/h9-11H,8H2,1-7H3/b10-9-. The van der Waals surface area contributed by atoms with Gasteiger partial charge in [0, 0.05) is 11.3 Å². The van der Waals surface area contributed by atoms with Gasteiger partial charge in [0.1, 0.15) is 11.4 Å². The quantitative estimate of drug-likeness (QED) is 0.602. The normalized spacial score (nSPS) is 13.2. The summed E-state index contributed by atoms with van der Waals surface area (Å²) in [7, 11) is 0. The molecule has 0 radical (unpaired) electrons. The molecule has 1 atom stereocenters. The monoisotopic (exact) mass is 318 g/mol. The van der Waals surface area contributed by atoms with E-state index in [0.29, 0.717) is 22.6 Å². The molecule has 0 fully saturated rings. The Kier molecular flexibility index (Phi) is 5.70. The maximum atomic E-state index is 12.6. The van der Waals surface area contributed by atoms with Gasteiger partial charge in [0.15, 0.2) is 5.78 Å². The third kappa shape index (κ3) is 3.97. The molecule has 0 saturated heterocycles. The van der Waals surface area contributed by atoms with Gasteiger partial charge in [0.25, 0.3) is 0 Å². The van der Waals surface area contributed by atoms with Crippen LogP contribution in [0.1, 0.15) is 69.2 Å². The first-order valence-corrected chi connectivity index (χ1v) is 7.63. The van der Waals surface area contributed by atoms with E-state index < -0.39 is 17.6 Å². The molecule has 23 heavy (non-hydrogen) atoms. The molecule has 0 aliphatic rings. The largest absolute Gasteiger partial charge is 0.456 e. The summed E-state index contributed by atoms with van der Waals surface area (Å²) < 4.78 is 7.25. The average Bonchev–Trinajstić information content (AvgIpc) is 2.68. The summed E-state index contributed by atoms with van der Waals surface area (Å²) in [6.07, 6.45) is 3.61. The van der Waals surface area contributed by atoms with Crippen LogP contribution < -0.4 is 0 Å². The lowest BCUT2D eigenvalue weighted by Crippen LogP contribution is -2.24. The second-order valence-electron chi connectivity index (χ2n) is 6.51. The zero-order valence-electron chi connectivity index (χ0n) is 15.1. The minimum absolute atomic E-state index is 0.0178. The first-order valence-electron chi connectivity index (χ1n) is 7.63. The van der Waals surface area contributed by atoms with Crippen molar-refractivity contribution in [3.8, 4) is 0 Å². The number of ether oxygens (including phenoxy) is 1. The lowest BCUT2D eigenvalue weighted by Gasteiger charge is -2.20. The molecule has 1 rings (SSSR count). The van der Waals surface area contributed by atoms with E-state index in [4.69, 9.17) is 4.74 Å². The van der Waals surface area contributed by atoms with Gasteiger partial charge in [0.2, 0.25) is 0 Å². The number of esters is 1. The Hall–Kier alpha value is -2.17. The number of aromatic nitrogens is 1. The fraction of sp³-hybridized carbons (Fsp3) is 0.500.